The molecular weight excluding hydrogens is 349 g/mol. The summed E-state index contributed by atoms with van der Waals surface area (Å²) in [6.45, 7) is 0.398. The molecule has 0 aliphatic carbocycles. The number of carbonyl (C=O) groups is 1. The number of aliphatic hydroxyl groups excluding tert-OH is 1. The van der Waals surface area contributed by atoms with Crippen molar-refractivity contribution >= 4 is 28.9 Å². The molecule has 0 heterocycles. The van der Waals surface area contributed by atoms with E-state index in [2.05, 4.69) is 15.4 Å². The molecule has 0 saturated heterocycles. The number of aliphatic hydroxyl groups is 1. The van der Waals surface area contributed by atoms with Crippen LogP contribution >= 0.6 is 11.6 Å². The normalized spacial score (nSPS) is 12.6. The summed E-state index contributed by atoms with van der Waals surface area (Å²) < 4.78 is 43.0. The first kappa shape index (κ1) is 20.4. The first-order valence-corrected chi connectivity index (χ1v) is 7.81. The van der Waals surface area contributed by atoms with E-state index >= 15 is 0 Å². The van der Waals surface area contributed by atoms with E-state index in [1.807, 2.05) is 0 Å². The van der Waals surface area contributed by atoms with Gasteiger partial charge in [0.1, 0.15) is 0 Å². The minimum Gasteiger partial charge on any atom is -0.469 e. The fourth-order valence-corrected chi connectivity index (χ4v) is 1.97. The fourth-order valence-electron chi connectivity index (χ4n) is 1.86. The summed E-state index contributed by atoms with van der Waals surface area (Å²) in [5, 5.41) is 15.2. The van der Waals surface area contributed by atoms with Gasteiger partial charge in [-0.3, -0.25) is 4.79 Å². The van der Waals surface area contributed by atoms with E-state index < -0.39 is 17.8 Å². The first-order chi connectivity index (χ1) is 11.3. The van der Waals surface area contributed by atoms with Gasteiger partial charge in [-0.2, -0.15) is 13.2 Å². The van der Waals surface area contributed by atoms with Crippen LogP contribution in [-0.2, 0) is 15.7 Å². The minimum absolute atomic E-state index is 0.0155. The van der Waals surface area contributed by atoms with Crippen LogP contribution in [0, 0.1) is 0 Å². The molecule has 0 aliphatic heterocycles. The van der Waals surface area contributed by atoms with Crippen molar-refractivity contribution in [2.75, 3.05) is 36.7 Å². The zero-order valence-electron chi connectivity index (χ0n) is 13.1. The van der Waals surface area contributed by atoms with Gasteiger partial charge in [-0.05, 0) is 24.6 Å². The molecule has 3 N–H and O–H groups in total. The molecule has 0 aliphatic rings. The maximum atomic E-state index is 12.8. The van der Waals surface area contributed by atoms with Crippen molar-refractivity contribution in [1.29, 1.82) is 0 Å². The van der Waals surface area contributed by atoms with E-state index in [9.17, 15) is 23.1 Å². The number of hydrogen-bond acceptors (Lipinski definition) is 5. The molecule has 0 bridgehead atoms. The SMILES string of the molecule is COC(=O)CCCNc1ccc(C(F)(F)F)cc1NCC(O)CCl. The summed E-state index contributed by atoms with van der Waals surface area (Å²) in [5.41, 5.74) is -0.160. The molecule has 0 amide bonds. The van der Waals surface area contributed by atoms with Crippen LogP contribution < -0.4 is 10.6 Å². The maximum absolute atomic E-state index is 12.8. The Morgan fingerprint density at radius 1 is 1.33 bits per heavy atom. The lowest BCUT2D eigenvalue weighted by atomic mass is 10.1. The number of anilines is 2. The van der Waals surface area contributed by atoms with Gasteiger partial charge in [-0.15, -0.1) is 11.6 Å². The Balaban J connectivity index is 2.78. The first-order valence-electron chi connectivity index (χ1n) is 7.27. The molecule has 0 fully saturated rings. The Morgan fingerprint density at radius 2 is 2.04 bits per heavy atom. The van der Waals surface area contributed by atoms with Crippen LogP contribution in [0.3, 0.4) is 0 Å². The fraction of sp³-hybridized carbons (Fsp3) is 0.533. The van der Waals surface area contributed by atoms with Crippen LogP contribution in [0.1, 0.15) is 18.4 Å². The zero-order chi connectivity index (χ0) is 18.2. The Bertz CT molecular complexity index is 541. The number of ether oxygens (including phenoxy) is 1. The van der Waals surface area contributed by atoms with Crippen LogP contribution in [-0.4, -0.2) is 43.3 Å². The second-order valence-corrected chi connectivity index (χ2v) is 5.36. The van der Waals surface area contributed by atoms with Crippen molar-refractivity contribution in [3.63, 3.8) is 0 Å². The highest BCUT2D eigenvalue weighted by molar-refractivity contribution is 6.18. The van der Waals surface area contributed by atoms with E-state index in [1.54, 1.807) is 0 Å². The van der Waals surface area contributed by atoms with Crippen molar-refractivity contribution in [3.8, 4) is 0 Å². The van der Waals surface area contributed by atoms with Crippen LogP contribution in [0.5, 0.6) is 0 Å². The van der Waals surface area contributed by atoms with E-state index in [1.165, 1.54) is 13.2 Å². The molecule has 24 heavy (non-hydrogen) atoms. The van der Waals surface area contributed by atoms with Crippen LogP contribution in [0.2, 0.25) is 0 Å². The van der Waals surface area contributed by atoms with Gasteiger partial charge in [-0.25, -0.2) is 0 Å². The molecule has 1 aromatic rings. The van der Waals surface area contributed by atoms with Crippen molar-refractivity contribution in [1.82, 2.24) is 0 Å². The lowest BCUT2D eigenvalue weighted by Gasteiger charge is -2.17. The molecule has 0 saturated carbocycles. The molecule has 5 nitrogen and oxygen atoms in total. The summed E-state index contributed by atoms with van der Waals surface area (Å²) in [7, 11) is 1.29. The second-order valence-electron chi connectivity index (χ2n) is 5.05. The van der Waals surface area contributed by atoms with Gasteiger partial charge in [0.15, 0.2) is 0 Å². The molecular formula is C15H20ClF3N2O3. The maximum Gasteiger partial charge on any atom is 0.416 e. The highest BCUT2D eigenvalue weighted by Crippen LogP contribution is 2.34. The van der Waals surface area contributed by atoms with Gasteiger partial charge in [0.25, 0.3) is 0 Å². The average Bonchev–Trinajstić information content (AvgIpc) is 2.55. The Hall–Kier alpha value is -1.67. The molecule has 9 heteroatoms. The standard InChI is InChI=1S/C15H20ClF3N2O3/c1-24-14(23)3-2-6-20-12-5-4-10(15(17,18)19)7-13(12)21-9-11(22)8-16/h4-5,7,11,20-22H,2-3,6,8-9H2,1H3. The van der Waals surface area contributed by atoms with E-state index in [4.69, 9.17) is 11.6 Å². The number of halogens is 4. The molecule has 0 radical (unpaired) electrons. The highest BCUT2D eigenvalue weighted by atomic mass is 35.5. The summed E-state index contributed by atoms with van der Waals surface area (Å²) in [6.07, 6.45) is -4.67. The third kappa shape index (κ3) is 6.84. The number of benzene rings is 1. The van der Waals surface area contributed by atoms with Gasteiger partial charge in [0, 0.05) is 19.5 Å². The Labute approximate surface area is 143 Å². The number of nitrogens with one attached hydrogen (secondary N) is 2. The lowest BCUT2D eigenvalue weighted by Crippen LogP contribution is -2.21. The van der Waals surface area contributed by atoms with E-state index in [-0.39, 0.29) is 30.5 Å². The number of carbonyl (C=O) groups excluding carboxylic acids is 1. The summed E-state index contributed by atoms with van der Waals surface area (Å²) in [6, 6.07) is 3.23. The molecule has 0 spiro atoms. The van der Waals surface area contributed by atoms with E-state index in [0.717, 1.165) is 12.1 Å². The summed E-state index contributed by atoms with van der Waals surface area (Å²) in [4.78, 5) is 11.0. The number of hydrogen-bond donors (Lipinski definition) is 3. The van der Waals surface area contributed by atoms with Gasteiger partial charge in [0.2, 0.25) is 0 Å². The molecule has 1 atom stereocenters. The highest BCUT2D eigenvalue weighted by Gasteiger charge is 2.31. The minimum atomic E-state index is -4.47. The lowest BCUT2D eigenvalue weighted by molar-refractivity contribution is -0.140. The number of methoxy groups -OCH3 is 1. The van der Waals surface area contributed by atoms with Gasteiger partial charge in [-0.1, -0.05) is 0 Å². The predicted molar refractivity (Wildman–Crippen MR) is 86.4 cm³/mol. The van der Waals surface area contributed by atoms with Crippen LogP contribution in [0.25, 0.3) is 0 Å². The van der Waals surface area contributed by atoms with Gasteiger partial charge >= 0.3 is 12.1 Å². The number of esters is 1. The Kier molecular flexibility index (Phi) is 8.14. The van der Waals surface area contributed by atoms with Crippen molar-refractivity contribution < 1.29 is 27.8 Å². The van der Waals surface area contributed by atoms with Crippen LogP contribution in [0.15, 0.2) is 18.2 Å². The van der Waals surface area contributed by atoms with Crippen molar-refractivity contribution in [2.45, 2.75) is 25.1 Å². The number of rotatable bonds is 9. The molecule has 136 valence electrons. The molecule has 1 unspecified atom stereocenters. The zero-order valence-corrected chi connectivity index (χ0v) is 13.9. The molecule has 1 aromatic carbocycles. The topological polar surface area (TPSA) is 70.6 Å². The molecule has 1 rings (SSSR count). The quantitative estimate of drug-likeness (QED) is 0.355. The van der Waals surface area contributed by atoms with Crippen molar-refractivity contribution in [2.24, 2.45) is 0 Å². The molecule has 0 aromatic heterocycles. The predicted octanol–water partition coefficient (Wildman–Crippen LogP) is 3.08. The smallest absolute Gasteiger partial charge is 0.416 e. The van der Waals surface area contributed by atoms with Gasteiger partial charge < -0.3 is 20.5 Å². The third-order valence-electron chi connectivity index (χ3n) is 3.15. The van der Waals surface area contributed by atoms with Crippen LogP contribution in [0.4, 0.5) is 24.5 Å². The summed E-state index contributed by atoms with van der Waals surface area (Å²) in [5.74, 6) is -0.388. The van der Waals surface area contributed by atoms with Gasteiger partial charge in [0.05, 0.1) is 36.0 Å². The summed E-state index contributed by atoms with van der Waals surface area (Å²) >= 11 is 5.48. The Morgan fingerprint density at radius 3 is 2.62 bits per heavy atom. The number of alkyl halides is 4. The largest absolute Gasteiger partial charge is 0.469 e. The third-order valence-corrected chi connectivity index (χ3v) is 3.51. The average molecular weight is 369 g/mol. The monoisotopic (exact) mass is 368 g/mol. The second kappa shape index (κ2) is 9.58. The van der Waals surface area contributed by atoms with E-state index in [0.29, 0.717) is 18.7 Å². The van der Waals surface area contributed by atoms with Crippen molar-refractivity contribution in [3.05, 3.63) is 23.8 Å².